The lowest BCUT2D eigenvalue weighted by molar-refractivity contribution is 0.407. The second-order valence-electron chi connectivity index (χ2n) is 2.83. The molecule has 0 heterocycles. The van der Waals surface area contributed by atoms with Gasteiger partial charge in [-0.15, -0.1) is 0 Å². The molecule has 8 heteroatoms. The molecule has 4 nitrogen and oxygen atoms in total. The Morgan fingerprint density at radius 2 is 0.938 bits per heavy atom. The van der Waals surface area contributed by atoms with Crippen molar-refractivity contribution in [2.24, 2.45) is 11.5 Å². The first-order chi connectivity index (χ1) is 7.29. The van der Waals surface area contributed by atoms with E-state index in [-0.39, 0.29) is 0 Å². The zero-order valence-corrected chi connectivity index (χ0v) is 7.67. The van der Waals surface area contributed by atoms with Crippen molar-refractivity contribution in [1.29, 1.82) is 10.8 Å². The minimum atomic E-state index is -2.10. The molecule has 6 N–H and O–H groups in total. The highest BCUT2D eigenvalue weighted by molar-refractivity contribution is 6.08. The van der Waals surface area contributed by atoms with Crippen LogP contribution in [0.5, 0.6) is 0 Å². The SMILES string of the molecule is N=C(N)c1c(F)c(F)c(F)c(F)c1C(=N)N. The predicted octanol–water partition coefficient (Wildman–Crippen LogP) is 0.811. The molecule has 0 saturated carbocycles. The van der Waals surface area contributed by atoms with Crippen LogP contribution in [0.25, 0.3) is 0 Å². The Kier molecular flexibility index (Phi) is 2.84. The third-order valence-corrected chi connectivity index (χ3v) is 1.81. The monoisotopic (exact) mass is 234 g/mol. The molecular weight excluding hydrogens is 228 g/mol. The zero-order chi connectivity index (χ0) is 12.6. The van der Waals surface area contributed by atoms with Gasteiger partial charge < -0.3 is 11.5 Å². The lowest BCUT2D eigenvalue weighted by atomic mass is 10.0. The number of hydrogen-bond acceptors (Lipinski definition) is 2. The molecule has 0 bridgehead atoms. The maximum absolute atomic E-state index is 13.2. The van der Waals surface area contributed by atoms with E-state index in [4.69, 9.17) is 22.3 Å². The van der Waals surface area contributed by atoms with Crippen LogP contribution in [0.2, 0.25) is 0 Å². The third-order valence-electron chi connectivity index (χ3n) is 1.81. The van der Waals surface area contributed by atoms with Crippen LogP contribution < -0.4 is 11.5 Å². The molecule has 0 amide bonds. The number of halogens is 4. The molecule has 0 aromatic heterocycles. The molecule has 0 spiro atoms. The Labute approximate surface area is 86.9 Å². The smallest absolute Gasteiger partial charge is 0.198 e. The Balaban J connectivity index is 3.83. The number of rotatable bonds is 2. The van der Waals surface area contributed by atoms with Gasteiger partial charge in [-0.2, -0.15) is 0 Å². The predicted molar refractivity (Wildman–Crippen MR) is 48.3 cm³/mol. The third kappa shape index (κ3) is 1.58. The lowest BCUT2D eigenvalue weighted by Crippen LogP contribution is -2.26. The van der Waals surface area contributed by atoms with Crippen LogP contribution in [0.4, 0.5) is 17.6 Å². The second-order valence-corrected chi connectivity index (χ2v) is 2.83. The number of nitrogens with one attached hydrogen (secondary N) is 2. The number of hydrogen-bond donors (Lipinski definition) is 4. The molecule has 1 aromatic rings. The van der Waals surface area contributed by atoms with Gasteiger partial charge in [-0.05, 0) is 0 Å². The summed E-state index contributed by atoms with van der Waals surface area (Å²) in [5, 5.41) is 13.8. The standard InChI is InChI=1S/C8H6F4N4/c9-3-1(7(13)14)2(8(15)16)4(10)6(12)5(3)11/h(H3,13,14)(H3,15,16). The van der Waals surface area contributed by atoms with E-state index in [0.29, 0.717) is 0 Å². The van der Waals surface area contributed by atoms with E-state index < -0.39 is 46.1 Å². The summed E-state index contributed by atoms with van der Waals surface area (Å²) in [7, 11) is 0. The average Bonchev–Trinajstić information content (AvgIpc) is 2.18. The molecule has 1 rings (SSSR count). The van der Waals surface area contributed by atoms with Gasteiger partial charge in [0.05, 0.1) is 11.1 Å². The number of nitrogen functional groups attached to an aromatic ring is 2. The fraction of sp³-hybridized carbons (Fsp3) is 0. The maximum atomic E-state index is 13.2. The van der Waals surface area contributed by atoms with Gasteiger partial charge in [0.2, 0.25) is 0 Å². The van der Waals surface area contributed by atoms with Crippen molar-refractivity contribution in [1.82, 2.24) is 0 Å². The van der Waals surface area contributed by atoms with Crippen molar-refractivity contribution in [3.05, 3.63) is 34.4 Å². The van der Waals surface area contributed by atoms with E-state index in [9.17, 15) is 17.6 Å². The molecule has 86 valence electrons. The van der Waals surface area contributed by atoms with Crippen molar-refractivity contribution >= 4 is 11.7 Å². The topological polar surface area (TPSA) is 99.7 Å². The Hall–Kier alpha value is -2.12. The summed E-state index contributed by atoms with van der Waals surface area (Å²) < 4.78 is 51.9. The minimum Gasteiger partial charge on any atom is -0.384 e. The zero-order valence-electron chi connectivity index (χ0n) is 7.67. The molecule has 0 aliphatic heterocycles. The first-order valence-corrected chi connectivity index (χ1v) is 3.83. The van der Waals surface area contributed by atoms with Crippen LogP contribution in [0.15, 0.2) is 0 Å². The maximum Gasteiger partial charge on any atom is 0.198 e. The minimum absolute atomic E-state index is 1.06. The number of benzene rings is 1. The largest absolute Gasteiger partial charge is 0.384 e. The Bertz CT molecular complexity index is 453. The highest BCUT2D eigenvalue weighted by atomic mass is 19.2. The molecule has 0 unspecified atom stereocenters. The average molecular weight is 234 g/mol. The van der Waals surface area contributed by atoms with Crippen LogP contribution in [0, 0.1) is 34.1 Å². The van der Waals surface area contributed by atoms with E-state index in [1.54, 1.807) is 0 Å². The van der Waals surface area contributed by atoms with E-state index in [0.717, 1.165) is 0 Å². The fourth-order valence-corrected chi connectivity index (χ4v) is 1.14. The van der Waals surface area contributed by atoms with Gasteiger partial charge in [0.25, 0.3) is 0 Å². The van der Waals surface area contributed by atoms with Gasteiger partial charge in [-0.3, -0.25) is 10.8 Å². The summed E-state index contributed by atoms with van der Waals surface area (Å²) in [5.74, 6) is -10.0. The molecule has 0 fully saturated rings. The summed E-state index contributed by atoms with van der Waals surface area (Å²) >= 11 is 0. The highest BCUT2D eigenvalue weighted by Crippen LogP contribution is 2.23. The molecule has 0 aliphatic rings. The molecule has 1 aromatic carbocycles. The molecular formula is C8H6F4N4. The molecule has 0 aliphatic carbocycles. The first-order valence-electron chi connectivity index (χ1n) is 3.83. The van der Waals surface area contributed by atoms with E-state index >= 15 is 0 Å². The quantitative estimate of drug-likeness (QED) is 0.200. The van der Waals surface area contributed by atoms with E-state index in [1.807, 2.05) is 0 Å². The van der Waals surface area contributed by atoms with E-state index in [2.05, 4.69) is 0 Å². The molecule has 16 heavy (non-hydrogen) atoms. The van der Waals surface area contributed by atoms with Gasteiger partial charge in [0.1, 0.15) is 11.7 Å². The summed E-state index contributed by atoms with van der Waals surface area (Å²) in [6.45, 7) is 0. The fourth-order valence-electron chi connectivity index (χ4n) is 1.14. The normalized spacial score (nSPS) is 10.2. The van der Waals surface area contributed by atoms with Crippen LogP contribution in [-0.4, -0.2) is 11.7 Å². The molecule has 0 atom stereocenters. The second kappa shape index (κ2) is 3.80. The van der Waals surface area contributed by atoms with Crippen molar-refractivity contribution < 1.29 is 17.6 Å². The summed E-state index contributed by atoms with van der Waals surface area (Å²) in [4.78, 5) is 0. The number of amidine groups is 2. The summed E-state index contributed by atoms with van der Waals surface area (Å²) in [5.41, 5.74) is 7.62. The van der Waals surface area contributed by atoms with Crippen LogP contribution >= 0.6 is 0 Å². The molecule has 0 saturated heterocycles. The van der Waals surface area contributed by atoms with Crippen molar-refractivity contribution in [2.45, 2.75) is 0 Å². The van der Waals surface area contributed by atoms with Crippen molar-refractivity contribution in [2.75, 3.05) is 0 Å². The first kappa shape index (κ1) is 12.0. The van der Waals surface area contributed by atoms with Gasteiger partial charge in [0, 0.05) is 0 Å². The van der Waals surface area contributed by atoms with Crippen molar-refractivity contribution in [3.8, 4) is 0 Å². The van der Waals surface area contributed by atoms with Crippen LogP contribution in [-0.2, 0) is 0 Å². The van der Waals surface area contributed by atoms with Gasteiger partial charge in [0.15, 0.2) is 23.3 Å². The number of nitrogens with two attached hydrogens (primary N) is 2. The van der Waals surface area contributed by atoms with Gasteiger partial charge in [-0.1, -0.05) is 0 Å². The Morgan fingerprint density at radius 3 is 1.12 bits per heavy atom. The van der Waals surface area contributed by atoms with E-state index in [1.165, 1.54) is 0 Å². The Morgan fingerprint density at radius 1 is 0.688 bits per heavy atom. The molecule has 0 radical (unpaired) electrons. The lowest BCUT2D eigenvalue weighted by Gasteiger charge is -2.10. The van der Waals surface area contributed by atoms with Crippen LogP contribution in [0.3, 0.4) is 0 Å². The summed E-state index contributed by atoms with van der Waals surface area (Å²) in [6, 6.07) is 0. The summed E-state index contributed by atoms with van der Waals surface area (Å²) in [6.07, 6.45) is 0. The van der Waals surface area contributed by atoms with Gasteiger partial charge >= 0.3 is 0 Å². The van der Waals surface area contributed by atoms with Crippen LogP contribution in [0.1, 0.15) is 11.1 Å². The van der Waals surface area contributed by atoms with Crippen molar-refractivity contribution in [3.63, 3.8) is 0 Å². The van der Waals surface area contributed by atoms with Gasteiger partial charge in [-0.25, -0.2) is 17.6 Å². The highest BCUT2D eigenvalue weighted by Gasteiger charge is 2.27.